The molecule has 0 unspecified atom stereocenters. The van der Waals surface area contributed by atoms with E-state index in [-0.39, 0.29) is 34.0 Å². The Kier molecular flexibility index (Phi) is 4.82. The van der Waals surface area contributed by atoms with E-state index in [1.54, 1.807) is 18.2 Å². The van der Waals surface area contributed by atoms with Crippen LogP contribution in [-0.4, -0.2) is 25.1 Å². The highest BCUT2D eigenvalue weighted by atomic mass is 32.2. The highest BCUT2D eigenvalue weighted by molar-refractivity contribution is 7.93. The van der Waals surface area contributed by atoms with E-state index in [1.165, 1.54) is 34.8 Å². The van der Waals surface area contributed by atoms with Crippen LogP contribution < -0.4 is 4.31 Å². The average molecular weight is 374 g/mol. The number of pyridine rings is 1. The minimum atomic E-state index is -3.99. The summed E-state index contributed by atoms with van der Waals surface area (Å²) in [5.41, 5.74) is 0.356. The van der Waals surface area contributed by atoms with Crippen LogP contribution in [-0.2, 0) is 10.0 Å². The summed E-state index contributed by atoms with van der Waals surface area (Å²) in [7, 11) is -3.99. The molecule has 5 nitrogen and oxygen atoms in total. The minimum Gasteiger partial charge on any atom is -0.508 e. The van der Waals surface area contributed by atoms with Crippen molar-refractivity contribution in [3.63, 3.8) is 0 Å². The van der Waals surface area contributed by atoms with E-state index in [0.717, 1.165) is 6.07 Å². The van der Waals surface area contributed by atoms with Gasteiger partial charge in [0.1, 0.15) is 17.1 Å². The van der Waals surface area contributed by atoms with Gasteiger partial charge < -0.3 is 5.11 Å². The molecular weight excluding hydrogens is 355 g/mol. The molecule has 0 aliphatic carbocycles. The quantitative estimate of drug-likeness (QED) is 0.735. The monoisotopic (exact) mass is 374 g/mol. The zero-order valence-corrected chi connectivity index (χ0v) is 15.2. The van der Waals surface area contributed by atoms with Gasteiger partial charge >= 0.3 is 0 Å². The molecule has 136 valence electrons. The van der Waals surface area contributed by atoms with E-state index >= 15 is 0 Å². The first-order valence-corrected chi connectivity index (χ1v) is 9.59. The lowest BCUT2D eigenvalue weighted by molar-refractivity contribution is 0.475. The maximum Gasteiger partial charge on any atom is 0.265 e. The number of halogens is 1. The van der Waals surface area contributed by atoms with Crippen LogP contribution in [0.3, 0.4) is 0 Å². The standard InChI is InChI=1S/C19H19FN2O3S/c1-13(2)12-22(14-5-3-6-15(23)11-14)26(24,25)18-9-8-17(20)19-16(18)7-4-10-21-19/h3-11,13,23H,12H2,1-2H3. The second-order valence-corrected chi connectivity index (χ2v) is 8.23. The van der Waals surface area contributed by atoms with Gasteiger partial charge in [0.15, 0.2) is 0 Å². The number of anilines is 1. The Labute approximate surface area is 151 Å². The third-order valence-electron chi connectivity index (χ3n) is 3.90. The fourth-order valence-electron chi connectivity index (χ4n) is 2.78. The van der Waals surface area contributed by atoms with Crippen molar-refractivity contribution in [3.8, 4) is 5.75 Å². The van der Waals surface area contributed by atoms with Crippen LogP contribution in [0.25, 0.3) is 10.9 Å². The van der Waals surface area contributed by atoms with E-state index in [4.69, 9.17) is 0 Å². The molecule has 0 aliphatic rings. The minimum absolute atomic E-state index is 0.00832. The number of hydrogen-bond donors (Lipinski definition) is 1. The lowest BCUT2D eigenvalue weighted by Crippen LogP contribution is -2.34. The second kappa shape index (κ2) is 6.92. The molecule has 26 heavy (non-hydrogen) atoms. The number of rotatable bonds is 5. The van der Waals surface area contributed by atoms with Gasteiger partial charge in [-0.3, -0.25) is 9.29 Å². The Morgan fingerprint density at radius 1 is 1.15 bits per heavy atom. The molecule has 0 aliphatic heterocycles. The molecule has 0 atom stereocenters. The summed E-state index contributed by atoms with van der Waals surface area (Å²) < 4.78 is 42.1. The third kappa shape index (κ3) is 3.35. The maximum atomic E-state index is 14.0. The molecule has 3 rings (SSSR count). The number of hydrogen-bond acceptors (Lipinski definition) is 4. The molecule has 0 saturated carbocycles. The first-order chi connectivity index (χ1) is 12.3. The van der Waals surface area contributed by atoms with Gasteiger partial charge in [0.05, 0.1) is 10.6 Å². The van der Waals surface area contributed by atoms with E-state index < -0.39 is 15.8 Å². The molecule has 0 bridgehead atoms. The first-order valence-electron chi connectivity index (χ1n) is 8.15. The number of sulfonamides is 1. The molecule has 1 heterocycles. The van der Waals surface area contributed by atoms with Crippen LogP contribution in [0.2, 0.25) is 0 Å². The molecule has 7 heteroatoms. The Hall–Kier alpha value is -2.67. The Morgan fingerprint density at radius 3 is 2.62 bits per heavy atom. The van der Waals surface area contributed by atoms with Gasteiger partial charge in [-0.2, -0.15) is 0 Å². The summed E-state index contributed by atoms with van der Waals surface area (Å²) in [6, 6.07) is 11.5. The third-order valence-corrected chi connectivity index (χ3v) is 5.75. The summed E-state index contributed by atoms with van der Waals surface area (Å²) in [6.07, 6.45) is 1.42. The largest absolute Gasteiger partial charge is 0.508 e. The van der Waals surface area contributed by atoms with Gasteiger partial charge in [0, 0.05) is 24.2 Å². The fourth-order valence-corrected chi connectivity index (χ4v) is 4.58. The predicted molar refractivity (Wildman–Crippen MR) is 99.2 cm³/mol. The van der Waals surface area contributed by atoms with Crippen molar-refractivity contribution in [2.45, 2.75) is 18.7 Å². The van der Waals surface area contributed by atoms with Crippen LogP contribution >= 0.6 is 0 Å². The van der Waals surface area contributed by atoms with Gasteiger partial charge in [-0.15, -0.1) is 0 Å². The zero-order valence-electron chi connectivity index (χ0n) is 14.4. The van der Waals surface area contributed by atoms with Crippen LogP contribution in [0.1, 0.15) is 13.8 Å². The van der Waals surface area contributed by atoms with Gasteiger partial charge in [0.2, 0.25) is 0 Å². The van der Waals surface area contributed by atoms with Crippen LogP contribution in [0.4, 0.5) is 10.1 Å². The number of nitrogens with zero attached hydrogens (tertiary/aromatic N) is 2. The summed E-state index contributed by atoms with van der Waals surface area (Å²) >= 11 is 0. The van der Waals surface area contributed by atoms with Gasteiger partial charge in [-0.25, -0.2) is 12.8 Å². The van der Waals surface area contributed by atoms with Gasteiger partial charge in [0.25, 0.3) is 10.0 Å². The second-order valence-electron chi connectivity index (χ2n) is 6.39. The Morgan fingerprint density at radius 2 is 1.92 bits per heavy atom. The molecule has 0 saturated heterocycles. The number of phenolic OH excluding ortho intramolecular Hbond substituents is 1. The van der Waals surface area contributed by atoms with Gasteiger partial charge in [-0.05, 0) is 42.3 Å². The summed E-state index contributed by atoms with van der Waals surface area (Å²) in [5, 5.41) is 9.98. The molecule has 2 aromatic carbocycles. The fraction of sp³-hybridized carbons (Fsp3) is 0.211. The van der Waals surface area contributed by atoms with Crippen LogP contribution in [0, 0.1) is 11.7 Å². The van der Waals surface area contributed by atoms with E-state index in [9.17, 15) is 17.9 Å². The molecule has 0 amide bonds. The number of aromatic nitrogens is 1. The highest BCUT2D eigenvalue weighted by Gasteiger charge is 2.28. The summed E-state index contributed by atoms with van der Waals surface area (Å²) in [5.74, 6) is -0.568. The molecule has 1 N–H and O–H groups in total. The molecule has 0 fully saturated rings. The number of aromatic hydroxyl groups is 1. The number of fused-ring (bicyclic) bond motifs is 1. The SMILES string of the molecule is CC(C)CN(c1cccc(O)c1)S(=O)(=O)c1ccc(F)c2ncccc12. The lowest BCUT2D eigenvalue weighted by atomic mass is 10.2. The first kappa shape index (κ1) is 18.1. The molecule has 0 radical (unpaired) electrons. The van der Waals surface area contributed by atoms with Gasteiger partial charge in [-0.1, -0.05) is 19.9 Å². The van der Waals surface area contributed by atoms with Crippen molar-refractivity contribution >= 4 is 26.6 Å². The van der Waals surface area contributed by atoms with E-state index in [2.05, 4.69) is 4.98 Å². The normalized spacial score (nSPS) is 11.8. The van der Waals surface area contributed by atoms with E-state index in [0.29, 0.717) is 5.69 Å². The van der Waals surface area contributed by atoms with Crippen molar-refractivity contribution in [2.24, 2.45) is 5.92 Å². The lowest BCUT2D eigenvalue weighted by Gasteiger charge is -2.27. The molecule has 0 spiro atoms. The van der Waals surface area contributed by atoms with Crippen LogP contribution in [0.15, 0.2) is 59.6 Å². The van der Waals surface area contributed by atoms with Crippen molar-refractivity contribution in [2.75, 3.05) is 10.8 Å². The Bertz CT molecular complexity index is 1050. The van der Waals surface area contributed by atoms with Crippen molar-refractivity contribution < 1.29 is 17.9 Å². The maximum absolute atomic E-state index is 14.0. The summed E-state index contributed by atoms with van der Waals surface area (Å²) in [4.78, 5) is 3.94. The average Bonchev–Trinajstić information content (AvgIpc) is 2.59. The van der Waals surface area contributed by atoms with E-state index in [1.807, 2.05) is 13.8 Å². The molecule has 1 aromatic heterocycles. The van der Waals surface area contributed by atoms with Crippen molar-refractivity contribution in [1.29, 1.82) is 0 Å². The summed E-state index contributed by atoms with van der Waals surface area (Å²) in [6.45, 7) is 4.01. The number of benzene rings is 2. The highest BCUT2D eigenvalue weighted by Crippen LogP contribution is 2.31. The zero-order chi connectivity index (χ0) is 18.9. The topological polar surface area (TPSA) is 70.5 Å². The molecular formula is C19H19FN2O3S. The molecule has 3 aromatic rings. The smallest absolute Gasteiger partial charge is 0.265 e. The van der Waals surface area contributed by atoms with Crippen LogP contribution in [0.5, 0.6) is 5.75 Å². The number of phenols is 1. The predicted octanol–water partition coefficient (Wildman–Crippen LogP) is 3.93. The van der Waals surface area contributed by atoms with Crippen molar-refractivity contribution in [1.82, 2.24) is 4.98 Å². The van der Waals surface area contributed by atoms with Crippen molar-refractivity contribution in [3.05, 3.63) is 60.5 Å². The Balaban J connectivity index is 2.22.